The zero-order chi connectivity index (χ0) is 15.6. The van der Waals surface area contributed by atoms with Crippen molar-refractivity contribution in [1.29, 1.82) is 0 Å². The van der Waals surface area contributed by atoms with Crippen LogP contribution in [0.4, 0.5) is 0 Å². The van der Waals surface area contributed by atoms with Crippen molar-refractivity contribution in [2.75, 3.05) is 13.1 Å². The summed E-state index contributed by atoms with van der Waals surface area (Å²) in [6.07, 6.45) is 3.32. The predicted molar refractivity (Wildman–Crippen MR) is 84.8 cm³/mol. The van der Waals surface area contributed by atoms with Crippen LogP contribution in [0.5, 0.6) is 0 Å². The van der Waals surface area contributed by atoms with E-state index in [1.54, 1.807) is 18.5 Å². The second kappa shape index (κ2) is 6.06. The number of hydrogen-bond donors (Lipinski definition) is 0. The molecule has 0 radical (unpaired) electrons. The Bertz CT molecular complexity index is 801. The summed E-state index contributed by atoms with van der Waals surface area (Å²) >= 11 is 6.19. The molecule has 116 valence electrons. The van der Waals surface area contributed by atoms with Crippen molar-refractivity contribution in [2.45, 2.75) is 12.5 Å². The van der Waals surface area contributed by atoms with E-state index in [0.717, 1.165) is 30.2 Å². The van der Waals surface area contributed by atoms with Crippen molar-refractivity contribution in [2.24, 2.45) is 0 Å². The summed E-state index contributed by atoms with van der Waals surface area (Å²) in [5.41, 5.74) is 1.14. The summed E-state index contributed by atoms with van der Waals surface area (Å²) in [5, 5.41) is 4.76. The highest BCUT2D eigenvalue weighted by molar-refractivity contribution is 6.31. The minimum atomic E-state index is 0.252. The summed E-state index contributed by atoms with van der Waals surface area (Å²) in [6, 6.07) is 9.66. The van der Waals surface area contributed by atoms with Crippen LogP contribution in [-0.2, 0) is 6.54 Å². The zero-order valence-electron chi connectivity index (χ0n) is 12.3. The average molecular weight is 328 g/mol. The second-order valence-electron chi connectivity index (χ2n) is 5.51. The normalized spacial score (nSPS) is 15.5. The zero-order valence-corrected chi connectivity index (χ0v) is 13.0. The molecule has 0 saturated carbocycles. The van der Waals surface area contributed by atoms with Crippen LogP contribution < -0.4 is 0 Å². The Balaban J connectivity index is 1.39. The molecule has 0 unspecified atom stereocenters. The summed E-state index contributed by atoms with van der Waals surface area (Å²) in [6.45, 7) is 2.59. The number of halogens is 1. The fourth-order valence-corrected chi connectivity index (χ4v) is 2.82. The topological polar surface area (TPSA) is 67.9 Å². The van der Waals surface area contributed by atoms with Crippen LogP contribution in [0.25, 0.3) is 11.6 Å². The van der Waals surface area contributed by atoms with E-state index in [-0.39, 0.29) is 5.92 Å². The minimum Gasteiger partial charge on any atom is -0.338 e. The standard InChI is InChI=1S/C16H14ClN5O/c17-13-5-2-1-4-11(13)8-22-9-12(10-22)16-20-15(21-23-16)14-18-6-3-7-19-14/h1-7,12H,8-10H2. The van der Waals surface area contributed by atoms with Crippen molar-refractivity contribution >= 4 is 11.6 Å². The van der Waals surface area contributed by atoms with Crippen LogP contribution in [0.3, 0.4) is 0 Å². The molecule has 0 amide bonds. The lowest BCUT2D eigenvalue weighted by molar-refractivity contribution is 0.117. The Morgan fingerprint density at radius 3 is 2.65 bits per heavy atom. The summed E-state index contributed by atoms with van der Waals surface area (Å²) < 4.78 is 5.35. The Hall–Kier alpha value is -2.31. The first-order chi connectivity index (χ1) is 11.3. The van der Waals surface area contributed by atoms with Gasteiger partial charge in [0.15, 0.2) is 0 Å². The van der Waals surface area contributed by atoms with Gasteiger partial charge in [-0.3, -0.25) is 4.90 Å². The van der Waals surface area contributed by atoms with E-state index in [0.29, 0.717) is 17.5 Å². The summed E-state index contributed by atoms with van der Waals surface area (Å²) in [4.78, 5) is 15.0. The van der Waals surface area contributed by atoms with E-state index in [4.69, 9.17) is 16.1 Å². The first-order valence-corrected chi connectivity index (χ1v) is 7.74. The SMILES string of the molecule is Clc1ccccc1CN1CC(c2nc(-c3ncccn3)no2)C1. The van der Waals surface area contributed by atoms with Crippen LogP contribution in [-0.4, -0.2) is 38.1 Å². The number of rotatable bonds is 4. The maximum Gasteiger partial charge on any atom is 0.240 e. The lowest BCUT2D eigenvalue weighted by Gasteiger charge is -2.37. The molecule has 3 aromatic rings. The van der Waals surface area contributed by atoms with Crippen LogP contribution >= 0.6 is 11.6 Å². The van der Waals surface area contributed by atoms with E-state index in [1.165, 1.54) is 0 Å². The van der Waals surface area contributed by atoms with Gasteiger partial charge in [-0.25, -0.2) is 9.97 Å². The first-order valence-electron chi connectivity index (χ1n) is 7.36. The van der Waals surface area contributed by atoms with Gasteiger partial charge >= 0.3 is 0 Å². The van der Waals surface area contributed by atoms with E-state index in [1.807, 2.05) is 24.3 Å². The molecule has 1 aromatic carbocycles. The number of nitrogens with zero attached hydrogens (tertiary/aromatic N) is 5. The van der Waals surface area contributed by atoms with Crippen LogP contribution in [0.15, 0.2) is 47.2 Å². The Morgan fingerprint density at radius 1 is 1.09 bits per heavy atom. The fourth-order valence-electron chi connectivity index (χ4n) is 2.63. The van der Waals surface area contributed by atoms with E-state index < -0.39 is 0 Å². The van der Waals surface area contributed by atoms with Crippen LogP contribution in [0.1, 0.15) is 17.4 Å². The second-order valence-corrected chi connectivity index (χ2v) is 5.92. The van der Waals surface area contributed by atoms with Gasteiger partial charge in [0.1, 0.15) is 0 Å². The molecule has 1 aliphatic rings. The number of likely N-dealkylation sites (tertiary alicyclic amines) is 1. The fraction of sp³-hybridized carbons (Fsp3) is 0.250. The summed E-state index contributed by atoms with van der Waals surface area (Å²) in [5.74, 6) is 1.81. The van der Waals surface area contributed by atoms with Gasteiger partial charge in [-0.2, -0.15) is 4.98 Å². The third kappa shape index (κ3) is 2.95. The van der Waals surface area contributed by atoms with Gasteiger partial charge in [-0.05, 0) is 17.7 Å². The molecule has 23 heavy (non-hydrogen) atoms. The molecule has 0 aliphatic carbocycles. The van der Waals surface area contributed by atoms with E-state index in [2.05, 4.69) is 25.0 Å². The highest BCUT2D eigenvalue weighted by Crippen LogP contribution is 2.29. The molecule has 3 heterocycles. The molecule has 0 N–H and O–H groups in total. The lowest BCUT2D eigenvalue weighted by atomic mass is 9.99. The largest absolute Gasteiger partial charge is 0.338 e. The quantitative estimate of drug-likeness (QED) is 0.734. The molecule has 4 rings (SSSR count). The maximum absolute atomic E-state index is 6.19. The van der Waals surface area contributed by atoms with Crippen LogP contribution in [0, 0.1) is 0 Å². The highest BCUT2D eigenvalue weighted by atomic mass is 35.5. The molecule has 0 atom stereocenters. The van der Waals surface area contributed by atoms with E-state index in [9.17, 15) is 0 Å². The van der Waals surface area contributed by atoms with Crippen LogP contribution in [0.2, 0.25) is 5.02 Å². The third-order valence-corrected chi connectivity index (χ3v) is 4.23. The smallest absolute Gasteiger partial charge is 0.240 e. The van der Waals surface area contributed by atoms with Gasteiger partial charge in [0.2, 0.25) is 17.5 Å². The van der Waals surface area contributed by atoms with Gasteiger partial charge in [0, 0.05) is 37.1 Å². The van der Waals surface area contributed by atoms with Gasteiger partial charge in [-0.1, -0.05) is 35.0 Å². The van der Waals surface area contributed by atoms with Gasteiger partial charge in [0.25, 0.3) is 0 Å². The first kappa shape index (κ1) is 14.3. The Kier molecular flexibility index (Phi) is 3.77. The highest BCUT2D eigenvalue weighted by Gasteiger charge is 2.33. The van der Waals surface area contributed by atoms with Crippen molar-refractivity contribution < 1.29 is 4.52 Å². The molecule has 1 saturated heterocycles. The molecule has 0 bridgehead atoms. The van der Waals surface area contributed by atoms with Gasteiger partial charge in [0.05, 0.1) is 5.92 Å². The molecule has 1 aliphatic heterocycles. The monoisotopic (exact) mass is 327 g/mol. The summed E-state index contributed by atoms with van der Waals surface area (Å²) in [7, 11) is 0. The van der Waals surface area contributed by atoms with Crippen molar-refractivity contribution in [3.05, 3.63) is 59.2 Å². The van der Waals surface area contributed by atoms with Gasteiger partial charge < -0.3 is 4.52 Å². The number of benzene rings is 1. The minimum absolute atomic E-state index is 0.252. The molecular weight excluding hydrogens is 314 g/mol. The third-order valence-electron chi connectivity index (χ3n) is 3.87. The molecule has 0 spiro atoms. The average Bonchev–Trinajstić information content (AvgIpc) is 3.02. The lowest BCUT2D eigenvalue weighted by Crippen LogP contribution is -2.44. The molecule has 7 heteroatoms. The number of aromatic nitrogens is 4. The predicted octanol–water partition coefficient (Wildman–Crippen LogP) is 2.78. The van der Waals surface area contributed by atoms with Crippen molar-refractivity contribution in [1.82, 2.24) is 25.0 Å². The van der Waals surface area contributed by atoms with Crippen molar-refractivity contribution in [3.63, 3.8) is 0 Å². The molecule has 1 fully saturated rings. The van der Waals surface area contributed by atoms with Crippen molar-refractivity contribution in [3.8, 4) is 11.6 Å². The Labute approximate surface area is 138 Å². The molecule has 6 nitrogen and oxygen atoms in total. The number of hydrogen-bond acceptors (Lipinski definition) is 6. The Morgan fingerprint density at radius 2 is 1.87 bits per heavy atom. The van der Waals surface area contributed by atoms with E-state index >= 15 is 0 Å². The maximum atomic E-state index is 6.19. The molecule has 2 aromatic heterocycles. The van der Waals surface area contributed by atoms with Gasteiger partial charge in [-0.15, -0.1) is 0 Å². The molecular formula is C16H14ClN5O.